The van der Waals surface area contributed by atoms with Gasteiger partial charge in [-0.05, 0) is 19.1 Å². The van der Waals surface area contributed by atoms with Gasteiger partial charge in [0.1, 0.15) is 5.82 Å². The fraction of sp³-hybridized carbons (Fsp3) is 0.222. The third-order valence-electron chi connectivity index (χ3n) is 1.74. The largest absolute Gasteiger partial charge is 0.478 e. The summed E-state index contributed by atoms with van der Waals surface area (Å²) >= 11 is 3.00. The summed E-state index contributed by atoms with van der Waals surface area (Å²) < 4.78 is 13.5. The van der Waals surface area contributed by atoms with Crippen molar-refractivity contribution in [2.45, 2.75) is 13.0 Å². The molecular weight excluding hydrogens is 255 g/mol. The summed E-state index contributed by atoms with van der Waals surface area (Å²) in [5.41, 5.74) is -0.0891. The summed E-state index contributed by atoms with van der Waals surface area (Å²) in [6.45, 7) is 1.41. The zero-order chi connectivity index (χ0) is 10.9. The molecule has 14 heavy (non-hydrogen) atoms. The average molecular weight is 263 g/mol. The highest BCUT2D eigenvalue weighted by molar-refractivity contribution is 9.10. The number of benzene rings is 1. The van der Waals surface area contributed by atoms with E-state index in [0.717, 1.165) is 6.07 Å². The summed E-state index contributed by atoms with van der Waals surface area (Å²) in [6, 6.07) is 2.14. The Morgan fingerprint density at radius 2 is 2.14 bits per heavy atom. The summed E-state index contributed by atoms with van der Waals surface area (Å²) in [7, 11) is 0. The Balaban J connectivity index is 3.32. The van der Waals surface area contributed by atoms with Gasteiger partial charge in [0, 0.05) is 10.0 Å². The standard InChI is InChI=1S/C9H8BrFO3/c1-4(12)8-6(10)2-5(9(13)14)3-7(8)11/h2-4,12H,1H3,(H,13,14). The van der Waals surface area contributed by atoms with E-state index in [0.29, 0.717) is 0 Å². The highest BCUT2D eigenvalue weighted by Gasteiger charge is 2.16. The minimum Gasteiger partial charge on any atom is -0.478 e. The van der Waals surface area contributed by atoms with Crippen molar-refractivity contribution in [1.29, 1.82) is 0 Å². The Kier molecular flexibility index (Phi) is 3.23. The fourth-order valence-corrected chi connectivity index (χ4v) is 1.87. The molecule has 0 amide bonds. The molecule has 0 aromatic heterocycles. The van der Waals surface area contributed by atoms with Crippen molar-refractivity contribution in [1.82, 2.24) is 0 Å². The molecule has 0 fully saturated rings. The molecule has 0 saturated carbocycles. The molecule has 76 valence electrons. The molecule has 1 rings (SSSR count). The van der Waals surface area contributed by atoms with Crippen LogP contribution in [0, 0.1) is 5.82 Å². The van der Waals surface area contributed by atoms with E-state index in [9.17, 15) is 14.3 Å². The van der Waals surface area contributed by atoms with Crippen molar-refractivity contribution in [3.05, 3.63) is 33.5 Å². The topological polar surface area (TPSA) is 57.5 Å². The van der Waals surface area contributed by atoms with Crippen LogP contribution < -0.4 is 0 Å². The maximum atomic E-state index is 13.3. The number of carbonyl (C=O) groups is 1. The maximum absolute atomic E-state index is 13.3. The minimum absolute atomic E-state index is 0.0648. The molecule has 3 nitrogen and oxygen atoms in total. The Labute approximate surface area is 88.3 Å². The number of aromatic carboxylic acids is 1. The van der Waals surface area contributed by atoms with E-state index in [4.69, 9.17) is 5.11 Å². The lowest BCUT2D eigenvalue weighted by Crippen LogP contribution is -2.03. The SMILES string of the molecule is CC(O)c1c(F)cc(C(=O)O)cc1Br. The van der Waals surface area contributed by atoms with Crippen molar-refractivity contribution >= 4 is 21.9 Å². The first-order chi connectivity index (χ1) is 6.43. The van der Waals surface area contributed by atoms with Crippen LogP contribution in [0.3, 0.4) is 0 Å². The van der Waals surface area contributed by atoms with Crippen LogP contribution in [0.1, 0.15) is 28.9 Å². The highest BCUT2D eigenvalue weighted by atomic mass is 79.9. The predicted molar refractivity (Wildman–Crippen MR) is 51.7 cm³/mol. The lowest BCUT2D eigenvalue weighted by atomic mass is 10.1. The molecule has 0 aliphatic carbocycles. The van der Waals surface area contributed by atoms with Crippen LogP contribution in [0.2, 0.25) is 0 Å². The molecular formula is C9H8BrFO3. The van der Waals surface area contributed by atoms with Crippen LogP contribution in [-0.2, 0) is 0 Å². The molecule has 1 aromatic rings. The predicted octanol–water partition coefficient (Wildman–Crippen LogP) is 2.34. The van der Waals surface area contributed by atoms with Gasteiger partial charge in [0.15, 0.2) is 0 Å². The number of aliphatic hydroxyl groups excluding tert-OH is 1. The van der Waals surface area contributed by atoms with Crippen molar-refractivity contribution in [3.63, 3.8) is 0 Å². The molecule has 1 aromatic carbocycles. The number of hydrogen-bond acceptors (Lipinski definition) is 2. The van der Waals surface area contributed by atoms with E-state index >= 15 is 0 Å². The fourth-order valence-electron chi connectivity index (χ4n) is 1.11. The van der Waals surface area contributed by atoms with Crippen LogP contribution in [-0.4, -0.2) is 16.2 Å². The van der Waals surface area contributed by atoms with Crippen LogP contribution in [0.25, 0.3) is 0 Å². The molecule has 0 aliphatic rings. The van der Waals surface area contributed by atoms with Crippen molar-refractivity contribution in [2.24, 2.45) is 0 Å². The number of halogens is 2. The van der Waals surface area contributed by atoms with Gasteiger partial charge in [0.25, 0.3) is 0 Å². The van der Waals surface area contributed by atoms with Crippen LogP contribution >= 0.6 is 15.9 Å². The van der Waals surface area contributed by atoms with Crippen LogP contribution in [0.5, 0.6) is 0 Å². The molecule has 2 N–H and O–H groups in total. The zero-order valence-electron chi connectivity index (χ0n) is 7.29. The number of carboxylic acid groups (broad SMARTS) is 1. The Bertz CT molecular complexity index is 353. The smallest absolute Gasteiger partial charge is 0.335 e. The average Bonchev–Trinajstić information content (AvgIpc) is 2.01. The van der Waals surface area contributed by atoms with Crippen molar-refractivity contribution < 1.29 is 19.4 Å². The van der Waals surface area contributed by atoms with E-state index in [-0.39, 0.29) is 15.6 Å². The summed E-state index contributed by atoms with van der Waals surface area (Å²) in [5.74, 6) is -1.94. The van der Waals surface area contributed by atoms with Gasteiger partial charge in [-0.2, -0.15) is 0 Å². The van der Waals surface area contributed by atoms with E-state index in [1.54, 1.807) is 0 Å². The molecule has 1 atom stereocenters. The monoisotopic (exact) mass is 262 g/mol. The van der Waals surface area contributed by atoms with Gasteiger partial charge in [-0.25, -0.2) is 9.18 Å². The summed E-state index contributed by atoms with van der Waals surface area (Å²) in [5, 5.41) is 17.8. The van der Waals surface area contributed by atoms with Crippen molar-refractivity contribution in [2.75, 3.05) is 0 Å². The highest BCUT2D eigenvalue weighted by Crippen LogP contribution is 2.27. The van der Waals surface area contributed by atoms with Gasteiger partial charge < -0.3 is 10.2 Å². The van der Waals surface area contributed by atoms with Gasteiger partial charge in [-0.3, -0.25) is 0 Å². The number of rotatable bonds is 2. The second kappa shape index (κ2) is 4.06. The Morgan fingerprint density at radius 1 is 1.57 bits per heavy atom. The molecule has 0 spiro atoms. The minimum atomic E-state index is -1.21. The summed E-state index contributed by atoms with van der Waals surface area (Å²) in [4.78, 5) is 10.5. The van der Waals surface area contributed by atoms with Crippen molar-refractivity contribution in [3.8, 4) is 0 Å². The van der Waals surface area contributed by atoms with Gasteiger partial charge >= 0.3 is 5.97 Å². The molecule has 0 saturated heterocycles. The first kappa shape index (κ1) is 11.1. The second-order valence-electron chi connectivity index (χ2n) is 2.83. The third-order valence-corrected chi connectivity index (χ3v) is 2.40. The first-order valence-electron chi connectivity index (χ1n) is 3.83. The number of carboxylic acids is 1. The van der Waals surface area contributed by atoms with E-state index < -0.39 is 17.9 Å². The molecule has 0 heterocycles. The number of hydrogen-bond donors (Lipinski definition) is 2. The Hall–Kier alpha value is -0.940. The molecule has 1 unspecified atom stereocenters. The summed E-state index contributed by atoms with van der Waals surface area (Å²) in [6.07, 6.45) is -0.979. The van der Waals surface area contributed by atoms with Gasteiger partial charge in [0.2, 0.25) is 0 Å². The maximum Gasteiger partial charge on any atom is 0.335 e. The van der Waals surface area contributed by atoms with Crippen LogP contribution in [0.4, 0.5) is 4.39 Å². The first-order valence-corrected chi connectivity index (χ1v) is 4.63. The van der Waals surface area contributed by atoms with E-state index in [2.05, 4.69) is 15.9 Å². The normalized spacial score (nSPS) is 12.6. The van der Waals surface area contributed by atoms with Gasteiger partial charge in [0.05, 0.1) is 11.7 Å². The van der Waals surface area contributed by atoms with Gasteiger partial charge in [-0.1, -0.05) is 15.9 Å². The lowest BCUT2D eigenvalue weighted by Gasteiger charge is -2.09. The van der Waals surface area contributed by atoms with E-state index in [1.165, 1.54) is 13.0 Å². The van der Waals surface area contributed by atoms with Gasteiger partial charge in [-0.15, -0.1) is 0 Å². The molecule has 0 aliphatic heterocycles. The van der Waals surface area contributed by atoms with Crippen LogP contribution in [0.15, 0.2) is 16.6 Å². The zero-order valence-corrected chi connectivity index (χ0v) is 8.88. The molecule has 0 radical (unpaired) electrons. The number of aliphatic hydroxyl groups is 1. The van der Waals surface area contributed by atoms with E-state index in [1.807, 2.05) is 0 Å². The quantitative estimate of drug-likeness (QED) is 0.860. The Morgan fingerprint density at radius 3 is 2.50 bits per heavy atom. The lowest BCUT2D eigenvalue weighted by molar-refractivity contribution is 0.0696. The molecule has 0 bridgehead atoms. The second-order valence-corrected chi connectivity index (χ2v) is 3.69. The third kappa shape index (κ3) is 2.10. The molecule has 5 heteroatoms.